The Kier molecular flexibility index (Phi) is 3.65. The summed E-state index contributed by atoms with van der Waals surface area (Å²) in [6, 6.07) is 0. The molecule has 1 aliphatic heterocycles. The molecule has 0 N–H and O–H groups in total. The highest BCUT2D eigenvalue weighted by Crippen LogP contribution is 2.59. The standard InChI is InChI=1S/C21H31N3/c1-20(2,3)19-22-11-15-13-24(9-8-18(15)23-19)12-14-6-7-16-10-17(14)21(16,4)5/h6,11,16-17H,7-10,12-13H2,1-5H3. The normalized spacial score (nSPS) is 28.8. The van der Waals surface area contributed by atoms with E-state index in [-0.39, 0.29) is 5.41 Å². The van der Waals surface area contributed by atoms with Crippen LogP contribution in [0.1, 0.15) is 64.5 Å². The lowest BCUT2D eigenvalue weighted by molar-refractivity contribution is -0.0110. The SMILES string of the molecule is CC(C)(C)c1ncc2c(n1)CCN(CC1=CCC3CC1C3(C)C)C2. The topological polar surface area (TPSA) is 29.0 Å². The highest BCUT2D eigenvalue weighted by atomic mass is 15.1. The van der Waals surface area contributed by atoms with Crippen LogP contribution in [0.2, 0.25) is 0 Å². The summed E-state index contributed by atoms with van der Waals surface area (Å²) in [5, 5.41) is 0. The number of fused-ring (bicyclic) bond motifs is 2. The van der Waals surface area contributed by atoms with Gasteiger partial charge in [0, 0.05) is 48.9 Å². The summed E-state index contributed by atoms with van der Waals surface area (Å²) in [6.07, 6.45) is 8.39. The van der Waals surface area contributed by atoms with Crippen molar-refractivity contribution in [2.24, 2.45) is 17.3 Å². The molecular formula is C21H31N3. The Bertz CT molecular complexity index is 681. The molecule has 2 atom stereocenters. The zero-order valence-corrected chi connectivity index (χ0v) is 15.9. The summed E-state index contributed by atoms with van der Waals surface area (Å²) in [6.45, 7) is 14.8. The largest absolute Gasteiger partial charge is 0.295 e. The Hall–Kier alpha value is -1.22. The summed E-state index contributed by atoms with van der Waals surface area (Å²) < 4.78 is 0. The number of nitrogens with zero attached hydrogens (tertiary/aromatic N) is 3. The van der Waals surface area contributed by atoms with E-state index < -0.39 is 0 Å². The van der Waals surface area contributed by atoms with Gasteiger partial charge in [-0.3, -0.25) is 4.90 Å². The van der Waals surface area contributed by atoms with Crippen LogP contribution in [0.25, 0.3) is 0 Å². The van der Waals surface area contributed by atoms with Gasteiger partial charge in [-0.05, 0) is 30.1 Å². The second kappa shape index (κ2) is 5.39. The molecule has 3 nitrogen and oxygen atoms in total. The van der Waals surface area contributed by atoms with Crippen LogP contribution in [0, 0.1) is 17.3 Å². The van der Waals surface area contributed by atoms with Gasteiger partial charge in [-0.1, -0.05) is 46.3 Å². The van der Waals surface area contributed by atoms with Crippen molar-refractivity contribution in [3.63, 3.8) is 0 Å². The molecule has 2 bridgehead atoms. The molecule has 4 aliphatic rings. The van der Waals surface area contributed by atoms with Crippen molar-refractivity contribution in [1.82, 2.24) is 14.9 Å². The number of allylic oxidation sites excluding steroid dienone is 1. The third kappa shape index (κ3) is 2.61. The number of rotatable bonds is 2. The lowest BCUT2D eigenvalue weighted by Crippen LogP contribution is -2.50. The van der Waals surface area contributed by atoms with E-state index in [1.165, 1.54) is 24.1 Å². The van der Waals surface area contributed by atoms with Crippen molar-refractivity contribution in [1.29, 1.82) is 0 Å². The third-order valence-corrected chi connectivity index (χ3v) is 6.67. The fourth-order valence-corrected chi connectivity index (χ4v) is 4.78. The molecule has 5 rings (SSSR count). The highest BCUT2D eigenvalue weighted by Gasteiger charge is 2.51. The first-order valence-corrected chi connectivity index (χ1v) is 9.51. The van der Waals surface area contributed by atoms with Gasteiger partial charge in [0.1, 0.15) is 5.82 Å². The summed E-state index contributed by atoms with van der Waals surface area (Å²) >= 11 is 0. The summed E-state index contributed by atoms with van der Waals surface area (Å²) in [4.78, 5) is 12.1. The lowest BCUT2D eigenvalue weighted by Gasteiger charge is -2.57. The molecule has 2 unspecified atom stereocenters. The Balaban J connectivity index is 1.47. The van der Waals surface area contributed by atoms with Crippen LogP contribution >= 0.6 is 0 Å². The average molecular weight is 326 g/mol. The Morgan fingerprint density at radius 1 is 1.29 bits per heavy atom. The second-order valence-corrected chi connectivity index (χ2v) is 9.70. The van der Waals surface area contributed by atoms with Gasteiger partial charge in [0.25, 0.3) is 0 Å². The zero-order valence-electron chi connectivity index (χ0n) is 15.9. The molecule has 0 aromatic carbocycles. The van der Waals surface area contributed by atoms with Crippen molar-refractivity contribution >= 4 is 0 Å². The molecule has 2 heterocycles. The van der Waals surface area contributed by atoms with Gasteiger partial charge < -0.3 is 0 Å². The molecule has 3 heteroatoms. The predicted molar refractivity (Wildman–Crippen MR) is 97.8 cm³/mol. The Morgan fingerprint density at radius 2 is 2.08 bits per heavy atom. The van der Waals surface area contributed by atoms with Crippen molar-refractivity contribution in [3.8, 4) is 0 Å². The molecule has 1 fully saturated rings. The molecule has 3 aliphatic carbocycles. The summed E-state index contributed by atoms with van der Waals surface area (Å²) in [5.74, 6) is 2.72. The van der Waals surface area contributed by atoms with Gasteiger partial charge in [0.2, 0.25) is 0 Å². The van der Waals surface area contributed by atoms with Crippen molar-refractivity contribution in [2.45, 2.75) is 65.8 Å². The van der Waals surface area contributed by atoms with E-state index in [4.69, 9.17) is 4.98 Å². The van der Waals surface area contributed by atoms with Gasteiger partial charge in [0.15, 0.2) is 0 Å². The number of hydrogen-bond acceptors (Lipinski definition) is 3. The van der Waals surface area contributed by atoms with E-state index in [2.05, 4.69) is 56.8 Å². The number of aromatic nitrogens is 2. The minimum Gasteiger partial charge on any atom is -0.295 e. The number of hydrogen-bond donors (Lipinski definition) is 0. The summed E-state index contributed by atoms with van der Waals surface area (Å²) in [5.41, 5.74) is 4.86. The van der Waals surface area contributed by atoms with Crippen molar-refractivity contribution < 1.29 is 0 Å². The third-order valence-electron chi connectivity index (χ3n) is 6.67. The molecule has 0 amide bonds. The molecule has 1 aromatic rings. The van der Waals surface area contributed by atoms with Crippen LogP contribution in [0.3, 0.4) is 0 Å². The molecule has 0 spiro atoms. The van der Waals surface area contributed by atoms with Crippen LogP contribution in [-0.2, 0) is 18.4 Å². The smallest absolute Gasteiger partial charge is 0.133 e. The van der Waals surface area contributed by atoms with Crippen molar-refractivity contribution in [3.05, 3.63) is 34.9 Å². The summed E-state index contributed by atoms with van der Waals surface area (Å²) in [7, 11) is 0. The van der Waals surface area contributed by atoms with Crippen LogP contribution in [0.15, 0.2) is 17.8 Å². The quantitative estimate of drug-likeness (QED) is 0.766. The molecule has 24 heavy (non-hydrogen) atoms. The van der Waals surface area contributed by atoms with Gasteiger partial charge in [0.05, 0.1) is 0 Å². The average Bonchev–Trinajstić information content (AvgIpc) is 2.53. The predicted octanol–water partition coefficient (Wildman–Crippen LogP) is 4.12. The Morgan fingerprint density at radius 3 is 2.75 bits per heavy atom. The molecule has 1 aromatic heterocycles. The van der Waals surface area contributed by atoms with Gasteiger partial charge in [-0.2, -0.15) is 0 Å². The van der Waals surface area contributed by atoms with E-state index in [0.29, 0.717) is 5.41 Å². The maximum absolute atomic E-state index is 4.86. The molecule has 1 saturated carbocycles. The van der Waals surface area contributed by atoms with Gasteiger partial charge >= 0.3 is 0 Å². The van der Waals surface area contributed by atoms with E-state index in [0.717, 1.165) is 43.7 Å². The van der Waals surface area contributed by atoms with E-state index in [1.807, 2.05) is 0 Å². The maximum atomic E-state index is 4.86. The molecule has 130 valence electrons. The van der Waals surface area contributed by atoms with Gasteiger partial charge in [-0.15, -0.1) is 0 Å². The first kappa shape index (κ1) is 16.3. The van der Waals surface area contributed by atoms with Crippen molar-refractivity contribution in [2.75, 3.05) is 13.1 Å². The van der Waals surface area contributed by atoms with Crippen LogP contribution in [0.5, 0.6) is 0 Å². The minimum atomic E-state index is 0.0332. The first-order chi connectivity index (χ1) is 11.2. The first-order valence-electron chi connectivity index (χ1n) is 9.51. The van der Waals surface area contributed by atoms with Crippen LogP contribution in [-0.4, -0.2) is 28.0 Å². The highest BCUT2D eigenvalue weighted by molar-refractivity contribution is 5.26. The monoisotopic (exact) mass is 325 g/mol. The molecule has 0 radical (unpaired) electrons. The van der Waals surface area contributed by atoms with E-state index >= 15 is 0 Å². The fourth-order valence-electron chi connectivity index (χ4n) is 4.78. The zero-order chi connectivity index (χ0) is 17.1. The molecular weight excluding hydrogens is 294 g/mol. The fraction of sp³-hybridized carbons (Fsp3) is 0.714. The second-order valence-electron chi connectivity index (χ2n) is 9.70. The van der Waals surface area contributed by atoms with Crippen LogP contribution in [0.4, 0.5) is 0 Å². The maximum Gasteiger partial charge on any atom is 0.133 e. The van der Waals surface area contributed by atoms with Gasteiger partial charge in [-0.25, -0.2) is 9.97 Å². The van der Waals surface area contributed by atoms with E-state index in [9.17, 15) is 0 Å². The Labute approximate surface area is 146 Å². The molecule has 0 saturated heterocycles. The lowest BCUT2D eigenvalue weighted by atomic mass is 9.49. The van der Waals surface area contributed by atoms with Crippen LogP contribution < -0.4 is 0 Å². The minimum absolute atomic E-state index is 0.0332. The van der Waals surface area contributed by atoms with E-state index in [1.54, 1.807) is 5.57 Å².